The van der Waals surface area contributed by atoms with Gasteiger partial charge in [-0.1, -0.05) is 25.3 Å². The van der Waals surface area contributed by atoms with Gasteiger partial charge in [0.05, 0.1) is 0 Å². The van der Waals surface area contributed by atoms with Crippen LogP contribution in [0.5, 0.6) is 5.75 Å². The Labute approximate surface area is 115 Å². The van der Waals surface area contributed by atoms with E-state index < -0.39 is 5.82 Å². The van der Waals surface area contributed by atoms with Crippen molar-refractivity contribution in [1.82, 2.24) is 5.32 Å². The first kappa shape index (κ1) is 14.3. The molecule has 1 saturated carbocycles. The Kier molecular flexibility index (Phi) is 4.81. The minimum absolute atomic E-state index is 0.0378. The van der Waals surface area contributed by atoms with E-state index in [-0.39, 0.29) is 11.8 Å². The van der Waals surface area contributed by atoms with Crippen LogP contribution in [0.15, 0.2) is 18.2 Å². The van der Waals surface area contributed by atoms with Crippen LogP contribution in [0.3, 0.4) is 0 Å². The molecule has 1 aromatic carbocycles. The van der Waals surface area contributed by atoms with Gasteiger partial charge in [0.1, 0.15) is 11.6 Å². The van der Waals surface area contributed by atoms with Crippen LogP contribution in [0.4, 0.5) is 4.39 Å². The van der Waals surface area contributed by atoms with Crippen molar-refractivity contribution in [3.05, 3.63) is 29.6 Å². The molecule has 2 rings (SSSR count). The van der Waals surface area contributed by atoms with E-state index in [1.807, 2.05) is 6.92 Å². The SMILES string of the molecule is CC(N[C@H](C)C1CCCCC1)c1ccc(F)cc1O. The summed E-state index contributed by atoms with van der Waals surface area (Å²) < 4.78 is 13.0. The van der Waals surface area contributed by atoms with Gasteiger partial charge in [-0.05, 0) is 38.7 Å². The predicted octanol–water partition coefficient (Wildman–Crippen LogP) is 4.15. The fourth-order valence-corrected chi connectivity index (χ4v) is 3.14. The van der Waals surface area contributed by atoms with E-state index in [2.05, 4.69) is 12.2 Å². The maximum atomic E-state index is 13.0. The molecule has 2 N–H and O–H groups in total. The van der Waals surface area contributed by atoms with Gasteiger partial charge < -0.3 is 10.4 Å². The monoisotopic (exact) mass is 265 g/mol. The predicted molar refractivity (Wildman–Crippen MR) is 75.7 cm³/mol. The van der Waals surface area contributed by atoms with Gasteiger partial charge in [0.25, 0.3) is 0 Å². The fourth-order valence-electron chi connectivity index (χ4n) is 3.14. The van der Waals surface area contributed by atoms with Gasteiger partial charge in [0.15, 0.2) is 0 Å². The summed E-state index contributed by atoms with van der Waals surface area (Å²) in [6.45, 7) is 4.24. The summed E-state index contributed by atoms with van der Waals surface area (Å²) in [5.74, 6) is 0.364. The number of aromatic hydroxyl groups is 1. The van der Waals surface area contributed by atoms with Crippen LogP contribution in [0.25, 0.3) is 0 Å². The van der Waals surface area contributed by atoms with E-state index in [0.717, 1.165) is 11.5 Å². The Morgan fingerprint density at radius 1 is 1.21 bits per heavy atom. The number of phenols is 1. The Balaban J connectivity index is 1.97. The number of benzene rings is 1. The second-order valence-electron chi connectivity index (χ2n) is 5.78. The first-order valence-electron chi connectivity index (χ1n) is 7.32. The standard InChI is InChI=1S/C16H24FNO/c1-11(13-6-4-3-5-7-13)18-12(2)15-9-8-14(17)10-16(15)19/h8-13,18-19H,3-7H2,1-2H3/t11-,12?/m1/s1. The summed E-state index contributed by atoms with van der Waals surface area (Å²) >= 11 is 0. The van der Waals surface area contributed by atoms with Gasteiger partial charge in [-0.2, -0.15) is 0 Å². The normalized spacial score (nSPS) is 20.2. The molecule has 0 saturated heterocycles. The average Bonchev–Trinajstić information content (AvgIpc) is 2.39. The number of hydrogen-bond acceptors (Lipinski definition) is 2. The number of halogens is 1. The van der Waals surface area contributed by atoms with Crippen LogP contribution < -0.4 is 5.32 Å². The molecule has 0 aromatic heterocycles. The molecule has 0 spiro atoms. The highest BCUT2D eigenvalue weighted by atomic mass is 19.1. The van der Waals surface area contributed by atoms with Crippen molar-refractivity contribution in [2.45, 2.75) is 58.0 Å². The Bertz CT molecular complexity index is 415. The van der Waals surface area contributed by atoms with Crippen molar-refractivity contribution < 1.29 is 9.50 Å². The molecule has 0 heterocycles. The van der Waals surface area contributed by atoms with E-state index >= 15 is 0 Å². The van der Waals surface area contributed by atoms with Crippen molar-refractivity contribution in [3.8, 4) is 5.75 Å². The molecule has 1 fully saturated rings. The molecule has 0 bridgehead atoms. The first-order valence-corrected chi connectivity index (χ1v) is 7.32. The van der Waals surface area contributed by atoms with Gasteiger partial charge in [0.2, 0.25) is 0 Å². The lowest BCUT2D eigenvalue weighted by Crippen LogP contribution is -2.36. The van der Waals surface area contributed by atoms with Crippen LogP contribution >= 0.6 is 0 Å². The summed E-state index contributed by atoms with van der Waals surface area (Å²) in [6, 6.07) is 4.71. The molecule has 106 valence electrons. The fraction of sp³-hybridized carbons (Fsp3) is 0.625. The molecule has 0 aliphatic heterocycles. The average molecular weight is 265 g/mol. The topological polar surface area (TPSA) is 32.3 Å². The highest BCUT2D eigenvalue weighted by Crippen LogP contribution is 2.29. The van der Waals surface area contributed by atoms with Crippen LogP contribution in [0.2, 0.25) is 0 Å². The molecule has 0 amide bonds. The molecular formula is C16H24FNO. The summed E-state index contributed by atoms with van der Waals surface area (Å²) in [7, 11) is 0. The summed E-state index contributed by atoms with van der Waals surface area (Å²) in [5.41, 5.74) is 0.768. The first-order chi connectivity index (χ1) is 9.08. The van der Waals surface area contributed by atoms with E-state index in [1.54, 1.807) is 6.07 Å². The van der Waals surface area contributed by atoms with Crippen LogP contribution in [0, 0.1) is 11.7 Å². The Hall–Kier alpha value is -1.09. The molecule has 19 heavy (non-hydrogen) atoms. The van der Waals surface area contributed by atoms with Gasteiger partial charge in [-0.25, -0.2) is 4.39 Å². The second kappa shape index (κ2) is 6.38. The van der Waals surface area contributed by atoms with Crippen molar-refractivity contribution in [3.63, 3.8) is 0 Å². The third-order valence-electron chi connectivity index (χ3n) is 4.33. The maximum Gasteiger partial charge on any atom is 0.126 e. The van der Waals surface area contributed by atoms with E-state index in [1.165, 1.54) is 44.2 Å². The summed E-state index contributed by atoms with van der Waals surface area (Å²) in [6.07, 6.45) is 6.59. The molecule has 2 nitrogen and oxygen atoms in total. The van der Waals surface area contributed by atoms with Crippen molar-refractivity contribution in [1.29, 1.82) is 0 Å². The number of nitrogens with one attached hydrogen (secondary N) is 1. The molecule has 2 atom stereocenters. The zero-order valence-electron chi connectivity index (χ0n) is 11.8. The lowest BCUT2D eigenvalue weighted by Gasteiger charge is -2.31. The highest BCUT2D eigenvalue weighted by Gasteiger charge is 2.22. The Morgan fingerprint density at radius 2 is 1.89 bits per heavy atom. The van der Waals surface area contributed by atoms with E-state index in [9.17, 15) is 9.50 Å². The highest BCUT2D eigenvalue weighted by molar-refractivity contribution is 5.34. The summed E-state index contributed by atoms with van der Waals surface area (Å²) in [4.78, 5) is 0. The van der Waals surface area contributed by atoms with E-state index in [4.69, 9.17) is 0 Å². The molecule has 1 aromatic rings. The van der Waals surface area contributed by atoms with Crippen LogP contribution in [-0.2, 0) is 0 Å². The van der Waals surface area contributed by atoms with Crippen LogP contribution in [0.1, 0.15) is 57.6 Å². The third-order valence-corrected chi connectivity index (χ3v) is 4.33. The number of rotatable bonds is 4. The molecule has 1 unspecified atom stereocenters. The van der Waals surface area contributed by atoms with Crippen LogP contribution in [-0.4, -0.2) is 11.1 Å². The molecular weight excluding hydrogens is 241 g/mol. The molecule has 3 heteroatoms. The Morgan fingerprint density at radius 3 is 2.53 bits per heavy atom. The lowest BCUT2D eigenvalue weighted by atomic mass is 9.84. The van der Waals surface area contributed by atoms with Gasteiger partial charge in [-0.3, -0.25) is 0 Å². The largest absolute Gasteiger partial charge is 0.508 e. The maximum absolute atomic E-state index is 13.0. The van der Waals surface area contributed by atoms with Gasteiger partial charge in [-0.15, -0.1) is 0 Å². The third kappa shape index (κ3) is 3.69. The second-order valence-corrected chi connectivity index (χ2v) is 5.78. The lowest BCUT2D eigenvalue weighted by molar-refractivity contribution is 0.267. The number of hydrogen-bond donors (Lipinski definition) is 2. The molecule has 1 aliphatic carbocycles. The molecule has 0 radical (unpaired) electrons. The minimum Gasteiger partial charge on any atom is -0.508 e. The van der Waals surface area contributed by atoms with E-state index in [0.29, 0.717) is 6.04 Å². The smallest absolute Gasteiger partial charge is 0.126 e. The number of phenolic OH excluding ortho intramolecular Hbond substituents is 1. The quantitative estimate of drug-likeness (QED) is 0.857. The van der Waals surface area contributed by atoms with Gasteiger partial charge in [0, 0.05) is 23.7 Å². The van der Waals surface area contributed by atoms with Crippen molar-refractivity contribution in [2.75, 3.05) is 0 Å². The zero-order chi connectivity index (χ0) is 13.8. The zero-order valence-corrected chi connectivity index (χ0v) is 11.8. The minimum atomic E-state index is -0.395. The summed E-state index contributed by atoms with van der Waals surface area (Å²) in [5, 5.41) is 13.3. The van der Waals surface area contributed by atoms with Gasteiger partial charge >= 0.3 is 0 Å². The van der Waals surface area contributed by atoms with Crippen molar-refractivity contribution >= 4 is 0 Å². The molecule has 1 aliphatic rings. The van der Waals surface area contributed by atoms with Crippen molar-refractivity contribution in [2.24, 2.45) is 5.92 Å².